The molecular weight excluding hydrogens is 346 g/mol. The predicted octanol–water partition coefficient (Wildman–Crippen LogP) is 1.77. The van der Waals surface area contributed by atoms with Gasteiger partial charge in [-0.1, -0.05) is 0 Å². The summed E-state index contributed by atoms with van der Waals surface area (Å²) < 4.78 is 4.80. The van der Waals surface area contributed by atoms with E-state index >= 15 is 0 Å². The van der Waals surface area contributed by atoms with Gasteiger partial charge >= 0.3 is 0 Å². The van der Waals surface area contributed by atoms with E-state index in [0.717, 1.165) is 46.8 Å². The van der Waals surface area contributed by atoms with E-state index in [0.29, 0.717) is 5.92 Å². The number of hydrogen-bond acceptors (Lipinski definition) is 5. The van der Waals surface area contributed by atoms with Gasteiger partial charge in [0.2, 0.25) is 0 Å². The van der Waals surface area contributed by atoms with E-state index in [2.05, 4.69) is 41.0 Å². The fourth-order valence-electron chi connectivity index (χ4n) is 2.92. The van der Waals surface area contributed by atoms with Crippen molar-refractivity contribution in [3.8, 4) is 0 Å². The van der Waals surface area contributed by atoms with E-state index in [9.17, 15) is 0 Å². The second kappa shape index (κ2) is 5.05. The average molecular weight is 362 g/mol. The molecule has 8 heteroatoms. The Balaban J connectivity index is 1.53. The summed E-state index contributed by atoms with van der Waals surface area (Å²) in [6, 6.07) is 0. The maximum Gasteiger partial charge on any atom is 0.163 e. The van der Waals surface area contributed by atoms with Crippen LogP contribution in [0.2, 0.25) is 0 Å². The largest absolute Gasteiger partial charge is 0.355 e. The highest BCUT2D eigenvalue weighted by Gasteiger charge is 2.30. The molecule has 0 N–H and O–H groups in total. The van der Waals surface area contributed by atoms with Crippen LogP contribution in [0.4, 0.5) is 5.82 Å². The van der Waals surface area contributed by atoms with E-state index in [-0.39, 0.29) is 0 Å². The number of anilines is 1. The van der Waals surface area contributed by atoms with Crippen molar-refractivity contribution in [1.82, 2.24) is 29.5 Å². The maximum atomic E-state index is 4.61. The highest BCUT2D eigenvalue weighted by molar-refractivity contribution is 9.10. The summed E-state index contributed by atoms with van der Waals surface area (Å²) in [6.07, 6.45) is 5.68. The molecule has 1 aliphatic heterocycles. The van der Waals surface area contributed by atoms with Gasteiger partial charge in [-0.2, -0.15) is 10.2 Å². The SMILES string of the molecule is Cc1nc(N2CC(Cn3cc(Br)cn3)C2)c2cnn(C)c2n1. The standard InChI is InChI=1S/C14H16BrN7/c1-9-18-13-12(4-16-20(13)2)14(19-9)21-5-10(6-21)7-22-8-11(15)3-17-22/h3-4,8,10H,5-7H2,1-2H3. The van der Waals surface area contributed by atoms with Crippen molar-refractivity contribution in [2.75, 3.05) is 18.0 Å². The summed E-state index contributed by atoms with van der Waals surface area (Å²) >= 11 is 3.43. The number of aryl methyl sites for hydroxylation is 2. The van der Waals surface area contributed by atoms with Crippen LogP contribution in [0, 0.1) is 12.8 Å². The molecule has 3 aromatic heterocycles. The molecule has 1 fully saturated rings. The molecule has 3 aromatic rings. The molecule has 0 aromatic carbocycles. The van der Waals surface area contributed by atoms with Crippen molar-refractivity contribution >= 4 is 32.8 Å². The monoisotopic (exact) mass is 361 g/mol. The minimum Gasteiger partial charge on any atom is -0.355 e. The lowest BCUT2D eigenvalue weighted by Gasteiger charge is -2.40. The molecular formula is C14H16BrN7. The molecule has 0 spiro atoms. The van der Waals surface area contributed by atoms with Gasteiger partial charge in [-0.15, -0.1) is 0 Å². The van der Waals surface area contributed by atoms with Crippen molar-refractivity contribution in [2.45, 2.75) is 13.5 Å². The lowest BCUT2D eigenvalue weighted by atomic mass is 10.00. The van der Waals surface area contributed by atoms with E-state index in [1.807, 2.05) is 37.2 Å². The van der Waals surface area contributed by atoms with Gasteiger partial charge < -0.3 is 4.90 Å². The molecule has 1 aliphatic rings. The lowest BCUT2D eigenvalue weighted by Crippen LogP contribution is -2.49. The zero-order valence-corrected chi connectivity index (χ0v) is 14.0. The van der Waals surface area contributed by atoms with E-state index in [1.54, 1.807) is 4.68 Å². The Bertz CT molecular complexity index is 831. The first-order chi connectivity index (χ1) is 10.6. The molecule has 0 aliphatic carbocycles. The number of hydrogen-bond donors (Lipinski definition) is 0. The Morgan fingerprint density at radius 3 is 2.77 bits per heavy atom. The highest BCUT2D eigenvalue weighted by atomic mass is 79.9. The molecule has 4 heterocycles. The third-order valence-electron chi connectivity index (χ3n) is 3.99. The summed E-state index contributed by atoms with van der Waals surface area (Å²) in [5.41, 5.74) is 0.891. The highest BCUT2D eigenvalue weighted by Crippen LogP contribution is 2.29. The van der Waals surface area contributed by atoms with E-state index < -0.39 is 0 Å². The lowest BCUT2D eigenvalue weighted by molar-refractivity contribution is 0.341. The van der Waals surface area contributed by atoms with Crippen molar-refractivity contribution < 1.29 is 0 Å². The first kappa shape index (κ1) is 13.7. The molecule has 22 heavy (non-hydrogen) atoms. The number of fused-ring (bicyclic) bond motifs is 1. The minimum absolute atomic E-state index is 0.591. The molecule has 0 unspecified atom stereocenters. The van der Waals surface area contributed by atoms with Gasteiger partial charge in [0.05, 0.1) is 22.3 Å². The van der Waals surface area contributed by atoms with E-state index in [1.165, 1.54) is 0 Å². The Morgan fingerprint density at radius 1 is 1.23 bits per heavy atom. The zero-order chi connectivity index (χ0) is 15.3. The maximum absolute atomic E-state index is 4.61. The third kappa shape index (κ3) is 2.27. The van der Waals surface area contributed by atoms with Crippen molar-refractivity contribution in [1.29, 1.82) is 0 Å². The quantitative estimate of drug-likeness (QED) is 0.711. The molecule has 114 valence electrons. The summed E-state index contributed by atoms with van der Waals surface area (Å²) in [6.45, 7) is 4.83. The van der Waals surface area contributed by atoms with Gasteiger partial charge in [-0.3, -0.25) is 9.36 Å². The topological polar surface area (TPSA) is 64.7 Å². The molecule has 0 amide bonds. The second-order valence-corrected chi connectivity index (χ2v) is 6.67. The summed E-state index contributed by atoms with van der Waals surface area (Å²) in [4.78, 5) is 11.4. The van der Waals surface area contributed by atoms with Gasteiger partial charge in [-0.05, 0) is 22.9 Å². The van der Waals surface area contributed by atoms with Crippen molar-refractivity contribution in [3.63, 3.8) is 0 Å². The normalized spacial score (nSPS) is 15.5. The van der Waals surface area contributed by atoms with E-state index in [4.69, 9.17) is 0 Å². The zero-order valence-electron chi connectivity index (χ0n) is 12.4. The first-order valence-corrected chi connectivity index (χ1v) is 7.98. The Kier molecular flexibility index (Phi) is 3.14. The third-order valence-corrected chi connectivity index (χ3v) is 4.40. The Morgan fingerprint density at radius 2 is 2.05 bits per heavy atom. The van der Waals surface area contributed by atoms with Gasteiger partial charge in [0.15, 0.2) is 5.65 Å². The number of nitrogens with zero attached hydrogens (tertiary/aromatic N) is 7. The van der Waals surface area contributed by atoms with Crippen molar-refractivity contribution in [3.05, 3.63) is 28.9 Å². The molecule has 0 bridgehead atoms. The summed E-state index contributed by atoms with van der Waals surface area (Å²) in [7, 11) is 1.91. The van der Waals surface area contributed by atoms with Crippen LogP contribution in [0.1, 0.15) is 5.82 Å². The van der Waals surface area contributed by atoms with Gasteiger partial charge in [-0.25, -0.2) is 9.97 Å². The fraction of sp³-hybridized carbons (Fsp3) is 0.429. The van der Waals surface area contributed by atoms with Crippen LogP contribution >= 0.6 is 15.9 Å². The van der Waals surface area contributed by atoms with Gasteiger partial charge in [0, 0.05) is 38.8 Å². The van der Waals surface area contributed by atoms with Crippen LogP contribution in [0.25, 0.3) is 11.0 Å². The van der Waals surface area contributed by atoms with Crippen LogP contribution < -0.4 is 4.90 Å². The van der Waals surface area contributed by atoms with Crippen LogP contribution in [0.5, 0.6) is 0 Å². The molecule has 0 atom stereocenters. The number of aromatic nitrogens is 6. The predicted molar refractivity (Wildman–Crippen MR) is 86.7 cm³/mol. The first-order valence-electron chi connectivity index (χ1n) is 7.19. The summed E-state index contributed by atoms with van der Waals surface area (Å²) in [5.74, 6) is 2.37. The number of halogens is 1. The second-order valence-electron chi connectivity index (χ2n) is 5.75. The van der Waals surface area contributed by atoms with Crippen LogP contribution in [-0.2, 0) is 13.6 Å². The minimum atomic E-state index is 0.591. The molecule has 1 saturated heterocycles. The average Bonchev–Trinajstić information content (AvgIpc) is 3.00. The van der Waals surface area contributed by atoms with Crippen LogP contribution in [-0.4, -0.2) is 42.6 Å². The Hall–Kier alpha value is -1.96. The molecule has 0 saturated carbocycles. The van der Waals surface area contributed by atoms with Gasteiger partial charge in [0.25, 0.3) is 0 Å². The van der Waals surface area contributed by atoms with Gasteiger partial charge in [0.1, 0.15) is 11.6 Å². The molecule has 4 rings (SSSR count). The van der Waals surface area contributed by atoms with Crippen LogP contribution in [0.3, 0.4) is 0 Å². The smallest absolute Gasteiger partial charge is 0.163 e. The Labute approximate surface area is 136 Å². The molecule has 7 nitrogen and oxygen atoms in total. The van der Waals surface area contributed by atoms with Crippen LogP contribution in [0.15, 0.2) is 23.1 Å². The fourth-order valence-corrected chi connectivity index (χ4v) is 3.24. The molecule has 0 radical (unpaired) electrons. The van der Waals surface area contributed by atoms with Crippen molar-refractivity contribution in [2.24, 2.45) is 13.0 Å². The number of rotatable bonds is 3. The summed E-state index contributed by atoms with van der Waals surface area (Å²) in [5, 5.41) is 9.63.